The summed E-state index contributed by atoms with van der Waals surface area (Å²) in [7, 11) is 0. The summed E-state index contributed by atoms with van der Waals surface area (Å²) in [4.78, 5) is 27.4. The van der Waals surface area contributed by atoms with Crippen LogP contribution in [0.1, 0.15) is 0 Å². The fraction of sp³-hybridized carbons (Fsp3) is 0.0952. The quantitative estimate of drug-likeness (QED) is 0.256. The number of nitro groups is 1. The summed E-state index contributed by atoms with van der Waals surface area (Å²) in [5.74, 6) is 0.748. The highest BCUT2D eigenvalue weighted by Crippen LogP contribution is 2.18. The molecular weight excluding hydrogens is 420 g/mol. The molecule has 0 amide bonds. The summed E-state index contributed by atoms with van der Waals surface area (Å²) in [6, 6.07) is 17.2. The Hall–Kier alpha value is -3.98. The van der Waals surface area contributed by atoms with Crippen molar-refractivity contribution in [3.8, 4) is 5.69 Å². The Morgan fingerprint density at radius 1 is 1.00 bits per heavy atom. The molecule has 10 heteroatoms. The van der Waals surface area contributed by atoms with Gasteiger partial charge in [-0.2, -0.15) is 9.78 Å². The first-order chi connectivity index (χ1) is 15.0. The lowest BCUT2D eigenvalue weighted by atomic mass is 10.2. The molecule has 2 N–H and O–H groups in total. The van der Waals surface area contributed by atoms with Gasteiger partial charge in [0.15, 0.2) is 0 Å². The number of non-ortho nitro benzene ring substituents is 1. The van der Waals surface area contributed by atoms with Crippen molar-refractivity contribution in [1.29, 1.82) is 0 Å². The first-order valence-electron chi connectivity index (χ1n) is 9.39. The van der Waals surface area contributed by atoms with E-state index in [1.165, 1.54) is 30.5 Å². The lowest BCUT2D eigenvalue weighted by Gasteiger charge is -2.11. The first-order valence-corrected chi connectivity index (χ1v) is 9.77. The second-order valence-corrected chi connectivity index (χ2v) is 6.98. The van der Waals surface area contributed by atoms with Crippen LogP contribution in [0, 0.1) is 10.1 Å². The topological polar surface area (TPSA) is 115 Å². The van der Waals surface area contributed by atoms with E-state index in [0.29, 0.717) is 24.5 Å². The number of hydrogen-bond acceptors (Lipinski definition) is 7. The van der Waals surface area contributed by atoms with Crippen molar-refractivity contribution < 1.29 is 4.92 Å². The predicted molar refractivity (Wildman–Crippen MR) is 120 cm³/mol. The Bertz CT molecular complexity index is 1310. The lowest BCUT2D eigenvalue weighted by molar-refractivity contribution is -0.384. The fourth-order valence-electron chi connectivity index (χ4n) is 3.01. The molecule has 2 aromatic heterocycles. The maximum absolute atomic E-state index is 12.6. The molecule has 0 aliphatic rings. The van der Waals surface area contributed by atoms with Crippen LogP contribution in [0.5, 0.6) is 0 Å². The molecule has 0 bridgehead atoms. The smallest absolute Gasteiger partial charge is 0.292 e. The number of nitrogens with one attached hydrogen (secondary N) is 2. The molecule has 0 aliphatic heterocycles. The van der Waals surface area contributed by atoms with Crippen molar-refractivity contribution >= 4 is 39.7 Å². The zero-order chi connectivity index (χ0) is 21.8. The Labute approximate surface area is 181 Å². The van der Waals surface area contributed by atoms with Crippen LogP contribution in [0.4, 0.5) is 17.2 Å². The number of nitro benzene ring substituents is 1. The maximum Gasteiger partial charge on any atom is 0.292 e. The van der Waals surface area contributed by atoms with E-state index < -0.39 is 10.5 Å². The van der Waals surface area contributed by atoms with Crippen molar-refractivity contribution in [3.05, 3.63) is 92.4 Å². The van der Waals surface area contributed by atoms with Crippen molar-refractivity contribution in [3.63, 3.8) is 0 Å². The molecule has 156 valence electrons. The first kappa shape index (κ1) is 20.3. The number of para-hydroxylation sites is 1. The average molecular weight is 437 g/mol. The van der Waals surface area contributed by atoms with Gasteiger partial charge in [-0.25, -0.2) is 4.98 Å². The summed E-state index contributed by atoms with van der Waals surface area (Å²) >= 11 is 6.21. The number of anilines is 2. The van der Waals surface area contributed by atoms with Crippen LogP contribution in [0.15, 0.2) is 71.7 Å². The maximum atomic E-state index is 12.6. The third kappa shape index (κ3) is 4.46. The van der Waals surface area contributed by atoms with E-state index in [-0.39, 0.29) is 10.7 Å². The van der Waals surface area contributed by atoms with E-state index >= 15 is 0 Å². The monoisotopic (exact) mass is 436 g/mol. The van der Waals surface area contributed by atoms with Crippen LogP contribution in [-0.2, 0) is 0 Å². The average Bonchev–Trinajstić information content (AvgIpc) is 2.79. The van der Waals surface area contributed by atoms with Gasteiger partial charge >= 0.3 is 0 Å². The van der Waals surface area contributed by atoms with Crippen LogP contribution in [0.3, 0.4) is 0 Å². The standard InChI is InChI=1S/C21H17ClN6O3/c22-20-18(13-25-27(21(20)29)15-6-8-16(9-7-15)28(30)31)23-11-12-24-19-10-5-14-3-1-2-4-17(14)26-19/h1-10,13,23H,11-12H2,(H,24,26). The number of fused-ring (bicyclic) bond motifs is 1. The number of halogens is 1. The van der Waals surface area contributed by atoms with Crippen molar-refractivity contribution in [1.82, 2.24) is 14.8 Å². The number of benzene rings is 2. The molecule has 4 aromatic rings. The minimum Gasteiger partial charge on any atom is -0.381 e. The van der Waals surface area contributed by atoms with Crippen molar-refractivity contribution in [2.75, 3.05) is 23.7 Å². The minimum absolute atomic E-state index is 0.0165. The Morgan fingerprint density at radius 3 is 2.52 bits per heavy atom. The summed E-state index contributed by atoms with van der Waals surface area (Å²) < 4.78 is 1.09. The molecule has 0 radical (unpaired) electrons. The summed E-state index contributed by atoms with van der Waals surface area (Å²) in [5.41, 5.74) is 1.09. The molecular formula is C21H17ClN6O3. The Balaban J connectivity index is 1.40. The number of pyridine rings is 1. The highest BCUT2D eigenvalue weighted by molar-refractivity contribution is 6.32. The molecule has 31 heavy (non-hydrogen) atoms. The molecule has 2 heterocycles. The number of aromatic nitrogens is 3. The van der Waals surface area contributed by atoms with Gasteiger partial charge in [0.2, 0.25) is 0 Å². The highest BCUT2D eigenvalue weighted by Gasteiger charge is 2.12. The molecule has 4 rings (SSSR count). The molecule has 0 aliphatic carbocycles. The van der Waals surface area contributed by atoms with Crippen LogP contribution < -0.4 is 16.2 Å². The van der Waals surface area contributed by atoms with E-state index in [1.54, 1.807) is 0 Å². The van der Waals surface area contributed by atoms with Crippen molar-refractivity contribution in [2.24, 2.45) is 0 Å². The third-order valence-electron chi connectivity index (χ3n) is 4.57. The Kier molecular flexibility index (Phi) is 5.76. The van der Waals surface area contributed by atoms with E-state index in [1.807, 2.05) is 36.4 Å². The molecule has 0 unspecified atom stereocenters. The Morgan fingerprint density at radius 2 is 1.74 bits per heavy atom. The normalized spacial score (nSPS) is 10.7. The van der Waals surface area contributed by atoms with E-state index in [9.17, 15) is 14.9 Å². The van der Waals surface area contributed by atoms with Gasteiger partial charge in [0.25, 0.3) is 11.2 Å². The summed E-state index contributed by atoms with van der Waals surface area (Å²) in [6.07, 6.45) is 1.44. The van der Waals surface area contributed by atoms with Crippen molar-refractivity contribution in [2.45, 2.75) is 0 Å². The minimum atomic E-state index is -0.523. The van der Waals surface area contributed by atoms with Gasteiger partial charge in [0.05, 0.1) is 28.0 Å². The second kappa shape index (κ2) is 8.80. The van der Waals surface area contributed by atoms with E-state index in [4.69, 9.17) is 11.6 Å². The van der Waals surface area contributed by atoms with Gasteiger partial charge in [-0.3, -0.25) is 14.9 Å². The predicted octanol–water partition coefficient (Wildman–Crippen LogP) is 3.87. The van der Waals surface area contributed by atoms with Gasteiger partial charge in [-0.15, -0.1) is 0 Å². The van der Waals surface area contributed by atoms with Crippen LogP contribution >= 0.6 is 11.6 Å². The molecule has 0 saturated carbocycles. The number of hydrogen-bond donors (Lipinski definition) is 2. The fourth-order valence-corrected chi connectivity index (χ4v) is 3.20. The van der Waals surface area contributed by atoms with Gasteiger partial charge in [0, 0.05) is 30.6 Å². The lowest BCUT2D eigenvalue weighted by Crippen LogP contribution is -2.23. The van der Waals surface area contributed by atoms with Crippen LogP contribution in [0.2, 0.25) is 5.02 Å². The summed E-state index contributed by atoms with van der Waals surface area (Å²) in [6.45, 7) is 1.03. The van der Waals surface area contributed by atoms with Gasteiger partial charge < -0.3 is 10.6 Å². The molecule has 0 saturated heterocycles. The van der Waals surface area contributed by atoms with Crippen LogP contribution in [-0.4, -0.2) is 32.8 Å². The molecule has 9 nitrogen and oxygen atoms in total. The van der Waals surface area contributed by atoms with Gasteiger partial charge in [-0.1, -0.05) is 29.8 Å². The number of nitrogens with zero attached hydrogens (tertiary/aromatic N) is 4. The SMILES string of the molecule is O=c1c(Cl)c(NCCNc2ccc3ccccc3n2)cnn1-c1ccc([N+](=O)[O-])cc1. The van der Waals surface area contributed by atoms with Crippen LogP contribution in [0.25, 0.3) is 16.6 Å². The second-order valence-electron chi connectivity index (χ2n) is 6.61. The molecule has 0 spiro atoms. The molecule has 0 fully saturated rings. The van der Waals surface area contributed by atoms with Gasteiger partial charge in [0.1, 0.15) is 10.8 Å². The summed E-state index contributed by atoms with van der Waals surface area (Å²) in [5, 5.41) is 22.2. The third-order valence-corrected chi connectivity index (χ3v) is 4.93. The van der Waals surface area contributed by atoms with E-state index in [2.05, 4.69) is 20.7 Å². The van der Waals surface area contributed by atoms with E-state index in [0.717, 1.165) is 21.4 Å². The number of rotatable bonds is 7. The molecule has 2 aromatic carbocycles. The largest absolute Gasteiger partial charge is 0.381 e. The van der Waals surface area contributed by atoms with Gasteiger partial charge in [-0.05, 0) is 30.3 Å². The zero-order valence-electron chi connectivity index (χ0n) is 16.2. The molecule has 0 atom stereocenters. The zero-order valence-corrected chi connectivity index (χ0v) is 16.9. The highest BCUT2D eigenvalue weighted by atomic mass is 35.5.